The highest BCUT2D eigenvalue weighted by molar-refractivity contribution is 5.25. The van der Waals surface area contributed by atoms with Crippen molar-refractivity contribution in [3.63, 3.8) is 0 Å². The molecule has 3 aliphatic carbocycles. The first-order valence-corrected chi connectivity index (χ1v) is 9.80. The highest BCUT2D eigenvalue weighted by Gasteiger charge is 2.49. The number of aryl methyl sites for hydroxylation is 2. The molecule has 3 heteroatoms. The van der Waals surface area contributed by atoms with Crippen molar-refractivity contribution in [2.75, 3.05) is 6.61 Å². The van der Waals surface area contributed by atoms with E-state index >= 15 is 0 Å². The molecule has 0 radical (unpaired) electrons. The summed E-state index contributed by atoms with van der Waals surface area (Å²) in [5.74, 6) is 3.13. The molecule has 130 valence electrons. The maximum absolute atomic E-state index is 6.22. The van der Waals surface area contributed by atoms with Crippen LogP contribution in [0.25, 0.3) is 0 Å². The van der Waals surface area contributed by atoms with Crippen LogP contribution < -0.4 is 4.57 Å². The molecule has 0 saturated heterocycles. The van der Waals surface area contributed by atoms with Crippen LogP contribution in [0, 0.1) is 23.7 Å². The minimum absolute atomic E-state index is 0.393. The summed E-state index contributed by atoms with van der Waals surface area (Å²) in [6.45, 7) is 2.08. The van der Waals surface area contributed by atoms with Crippen molar-refractivity contribution in [3.8, 4) is 0 Å². The molecule has 1 saturated carbocycles. The average molecular weight is 327 g/mol. The van der Waals surface area contributed by atoms with Crippen LogP contribution in [0.15, 0.2) is 43.0 Å². The Balaban J connectivity index is 1.06. The second kappa shape index (κ2) is 7.26. The van der Waals surface area contributed by atoms with Crippen molar-refractivity contribution >= 4 is 0 Å². The fourth-order valence-corrected chi connectivity index (χ4v) is 4.95. The Morgan fingerprint density at radius 1 is 1.00 bits per heavy atom. The molecule has 24 heavy (non-hydrogen) atoms. The van der Waals surface area contributed by atoms with E-state index in [0.717, 1.165) is 36.8 Å². The number of nitrogens with zero attached hydrogens (tertiary/aromatic N) is 2. The van der Waals surface area contributed by atoms with Gasteiger partial charge in [-0.1, -0.05) is 37.1 Å². The van der Waals surface area contributed by atoms with Crippen molar-refractivity contribution in [1.29, 1.82) is 0 Å². The SMILES string of the molecule is C[n+]1ccn(CCCCCCCO[C@@H]2C=C[C@H]3C4C=CC(C4)[C@@H]23)c1. The van der Waals surface area contributed by atoms with E-state index in [4.69, 9.17) is 4.74 Å². The Morgan fingerprint density at radius 2 is 1.83 bits per heavy atom. The average Bonchev–Trinajstić information content (AvgIpc) is 3.33. The Labute approximate surface area is 146 Å². The molecule has 2 bridgehead atoms. The van der Waals surface area contributed by atoms with Crippen molar-refractivity contribution in [3.05, 3.63) is 43.0 Å². The predicted octanol–water partition coefficient (Wildman–Crippen LogP) is 3.66. The molecule has 1 heterocycles. The smallest absolute Gasteiger partial charge is 0.243 e. The third kappa shape index (κ3) is 3.37. The van der Waals surface area contributed by atoms with Gasteiger partial charge in [0.1, 0.15) is 12.4 Å². The van der Waals surface area contributed by atoms with E-state index in [1.807, 2.05) is 0 Å². The van der Waals surface area contributed by atoms with Gasteiger partial charge in [0, 0.05) is 12.5 Å². The van der Waals surface area contributed by atoms with Gasteiger partial charge in [-0.25, -0.2) is 9.13 Å². The molecule has 0 aromatic carbocycles. The lowest BCUT2D eigenvalue weighted by Crippen LogP contribution is -2.27. The Bertz CT molecular complexity index is 603. The van der Waals surface area contributed by atoms with E-state index in [0.29, 0.717) is 6.10 Å². The van der Waals surface area contributed by atoms with Gasteiger partial charge < -0.3 is 4.74 Å². The first-order valence-electron chi connectivity index (χ1n) is 9.80. The van der Waals surface area contributed by atoms with E-state index in [-0.39, 0.29) is 0 Å². The molecule has 1 fully saturated rings. The Hall–Kier alpha value is -1.35. The van der Waals surface area contributed by atoms with Crippen LogP contribution in [-0.4, -0.2) is 17.3 Å². The summed E-state index contributed by atoms with van der Waals surface area (Å²) in [4.78, 5) is 0. The van der Waals surface area contributed by atoms with Gasteiger partial charge in [-0.05, 0) is 43.4 Å². The zero-order valence-electron chi connectivity index (χ0n) is 14.9. The highest BCUT2D eigenvalue weighted by Crippen LogP contribution is 2.53. The maximum Gasteiger partial charge on any atom is 0.243 e. The number of hydrogen-bond donors (Lipinski definition) is 0. The van der Waals surface area contributed by atoms with Crippen molar-refractivity contribution in [2.45, 2.75) is 51.2 Å². The number of unbranched alkanes of at least 4 members (excludes halogenated alkanes) is 4. The summed E-state index contributed by atoms with van der Waals surface area (Å²) in [7, 11) is 2.07. The molecule has 4 rings (SSSR count). The molecule has 0 N–H and O–H groups in total. The van der Waals surface area contributed by atoms with E-state index in [1.54, 1.807) is 0 Å². The van der Waals surface area contributed by atoms with Crippen molar-refractivity contribution in [2.24, 2.45) is 30.7 Å². The normalized spacial score (nSPS) is 32.8. The number of imidazole rings is 1. The molecule has 1 aromatic rings. The lowest BCUT2D eigenvalue weighted by atomic mass is 9.84. The number of ether oxygens (including phenoxy) is 1. The number of fused-ring (bicyclic) bond motifs is 5. The summed E-state index contributed by atoms with van der Waals surface area (Å²) >= 11 is 0. The molecule has 0 spiro atoms. The van der Waals surface area contributed by atoms with Crippen LogP contribution in [0.5, 0.6) is 0 Å². The quantitative estimate of drug-likeness (QED) is 0.384. The number of rotatable bonds is 9. The molecule has 3 aliphatic rings. The van der Waals surface area contributed by atoms with Crippen molar-refractivity contribution in [1.82, 2.24) is 4.57 Å². The molecule has 3 nitrogen and oxygen atoms in total. The molecule has 2 unspecified atom stereocenters. The standard InChI is InChI=1S/C21H31N2O/c1-22-12-13-23(16-22)11-5-3-2-4-6-14-24-20-10-9-19-17-7-8-18(15-17)21(19)20/h7-10,12-13,16-21H,2-6,11,14-15H2,1H3/q+1/t17?,18?,19-,20+,21+/m0/s1. The van der Waals surface area contributed by atoms with Gasteiger partial charge in [0.05, 0.1) is 19.7 Å². The third-order valence-electron chi connectivity index (χ3n) is 6.18. The molecular formula is C21H31N2O+. The first-order chi connectivity index (χ1) is 11.8. The first kappa shape index (κ1) is 16.1. The lowest BCUT2D eigenvalue weighted by Gasteiger charge is -2.26. The van der Waals surface area contributed by atoms with E-state index < -0.39 is 0 Å². The van der Waals surface area contributed by atoms with Crippen LogP contribution in [0.3, 0.4) is 0 Å². The molecule has 5 atom stereocenters. The second-order valence-corrected chi connectivity index (χ2v) is 7.91. The van der Waals surface area contributed by atoms with Gasteiger partial charge in [0.15, 0.2) is 0 Å². The Kier molecular flexibility index (Phi) is 4.88. The highest BCUT2D eigenvalue weighted by atomic mass is 16.5. The molecule has 0 amide bonds. The Morgan fingerprint density at radius 3 is 2.71 bits per heavy atom. The van der Waals surface area contributed by atoms with Crippen LogP contribution in [0.2, 0.25) is 0 Å². The van der Waals surface area contributed by atoms with Gasteiger partial charge in [-0.2, -0.15) is 0 Å². The van der Waals surface area contributed by atoms with Gasteiger partial charge in [-0.3, -0.25) is 0 Å². The number of aromatic nitrogens is 2. The summed E-state index contributed by atoms with van der Waals surface area (Å²) in [5, 5.41) is 0. The molecular weight excluding hydrogens is 296 g/mol. The minimum Gasteiger partial charge on any atom is -0.374 e. The monoisotopic (exact) mass is 327 g/mol. The maximum atomic E-state index is 6.22. The second-order valence-electron chi connectivity index (χ2n) is 7.91. The fraction of sp³-hybridized carbons (Fsp3) is 0.667. The summed E-state index contributed by atoms with van der Waals surface area (Å²) in [6.07, 6.45) is 24.3. The molecule has 1 aromatic heterocycles. The van der Waals surface area contributed by atoms with Crippen LogP contribution >= 0.6 is 0 Å². The van der Waals surface area contributed by atoms with Gasteiger partial charge in [0.25, 0.3) is 0 Å². The fourth-order valence-electron chi connectivity index (χ4n) is 4.95. The zero-order chi connectivity index (χ0) is 16.4. The lowest BCUT2D eigenvalue weighted by molar-refractivity contribution is -0.671. The van der Waals surface area contributed by atoms with Gasteiger partial charge in [-0.15, -0.1) is 0 Å². The number of hydrogen-bond acceptors (Lipinski definition) is 1. The third-order valence-corrected chi connectivity index (χ3v) is 6.18. The van der Waals surface area contributed by atoms with Crippen LogP contribution in [-0.2, 0) is 18.3 Å². The summed E-state index contributed by atoms with van der Waals surface area (Å²) in [5.41, 5.74) is 0. The van der Waals surface area contributed by atoms with E-state index in [9.17, 15) is 0 Å². The summed E-state index contributed by atoms with van der Waals surface area (Å²) < 4.78 is 10.6. The van der Waals surface area contributed by atoms with E-state index in [1.165, 1.54) is 38.5 Å². The minimum atomic E-state index is 0.393. The number of allylic oxidation sites excluding steroid dienone is 3. The largest absolute Gasteiger partial charge is 0.374 e. The molecule has 0 aliphatic heterocycles. The van der Waals surface area contributed by atoms with Gasteiger partial charge in [0.2, 0.25) is 6.33 Å². The van der Waals surface area contributed by atoms with Gasteiger partial charge >= 0.3 is 0 Å². The predicted molar refractivity (Wildman–Crippen MR) is 95.3 cm³/mol. The van der Waals surface area contributed by atoms with Crippen LogP contribution in [0.1, 0.15) is 38.5 Å². The summed E-state index contributed by atoms with van der Waals surface area (Å²) in [6, 6.07) is 0. The van der Waals surface area contributed by atoms with Crippen molar-refractivity contribution < 1.29 is 9.30 Å². The zero-order valence-corrected chi connectivity index (χ0v) is 14.9. The van der Waals surface area contributed by atoms with Crippen LogP contribution in [0.4, 0.5) is 0 Å². The topological polar surface area (TPSA) is 18.0 Å². The van der Waals surface area contributed by atoms with E-state index in [2.05, 4.69) is 59.2 Å².